The maximum absolute atomic E-state index is 11.2. The molecule has 3 nitrogen and oxygen atoms in total. The third-order valence-electron chi connectivity index (χ3n) is 2.03. The lowest BCUT2D eigenvalue weighted by molar-refractivity contribution is -0.142. The van der Waals surface area contributed by atoms with Crippen molar-refractivity contribution in [3.63, 3.8) is 0 Å². The molecular formula is C10H10Br3NO2. The molecule has 0 aliphatic carbocycles. The third-order valence-corrected chi connectivity index (χ3v) is 3.91. The topological polar surface area (TPSA) is 52.3 Å². The zero-order chi connectivity index (χ0) is 12.3. The number of carbonyl (C=O) groups is 1. The Hall–Kier alpha value is 0.0900. The summed E-state index contributed by atoms with van der Waals surface area (Å²) in [5, 5.41) is 0. The van der Waals surface area contributed by atoms with Crippen LogP contribution in [-0.4, -0.2) is 19.1 Å². The Morgan fingerprint density at radius 3 is 2.31 bits per heavy atom. The summed E-state index contributed by atoms with van der Waals surface area (Å²) in [6.45, 7) is 0. The van der Waals surface area contributed by atoms with Gasteiger partial charge in [0.25, 0.3) is 0 Å². The van der Waals surface area contributed by atoms with E-state index in [1.165, 1.54) is 7.11 Å². The van der Waals surface area contributed by atoms with Crippen molar-refractivity contribution in [2.75, 3.05) is 7.11 Å². The van der Waals surface area contributed by atoms with Gasteiger partial charge in [-0.25, -0.2) is 0 Å². The molecule has 16 heavy (non-hydrogen) atoms. The molecule has 6 heteroatoms. The highest BCUT2D eigenvalue weighted by Gasteiger charge is 2.17. The maximum atomic E-state index is 11.2. The molecule has 0 fully saturated rings. The molecule has 0 aliphatic heterocycles. The van der Waals surface area contributed by atoms with Crippen LogP contribution in [0.15, 0.2) is 25.6 Å². The first-order chi connectivity index (χ1) is 7.45. The number of hydrogen-bond acceptors (Lipinski definition) is 3. The van der Waals surface area contributed by atoms with Crippen molar-refractivity contribution in [3.8, 4) is 0 Å². The van der Waals surface area contributed by atoms with Gasteiger partial charge in [-0.3, -0.25) is 4.79 Å². The van der Waals surface area contributed by atoms with Crippen LogP contribution in [-0.2, 0) is 16.0 Å². The second-order valence-electron chi connectivity index (χ2n) is 3.18. The highest BCUT2D eigenvalue weighted by atomic mass is 79.9. The summed E-state index contributed by atoms with van der Waals surface area (Å²) in [7, 11) is 1.33. The molecule has 0 amide bonds. The van der Waals surface area contributed by atoms with Gasteiger partial charge in [0, 0.05) is 19.8 Å². The SMILES string of the molecule is COC(=O)[C@@H](N)Cc1c(Br)cc(Br)cc1Br. The van der Waals surface area contributed by atoms with Crippen LogP contribution in [0.2, 0.25) is 0 Å². The van der Waals surface area contributed by atoms with E-state index in [0.29, 0.717) is 6.42 Å². The van der Waals surface area contributed by atoms with Crippen molar-refractivity contribution in [1.29, 1.82) is 0 Å². The number of esters is 1. The van der Waals surface area contributed by atoms with Gasteiger partial charge in [0.2, 0.25) is 0 Å². The van der Waals surface area contributed by atoms with Crippen molar-refractivity contribution in [1.82, 2.24) is 0 Å². The number of carbonyl (C=O) groups excluding carboxylic acids is 1. The third kappa shape index (κ3) is 3.55. The standard InChI is InChI=1S/C10H10Br3NO2/c1-16-10(15)9(14)4-6-7(12)2-5(11)3-8(6)13/h2-3,9H,4,14H2,1H3/t9-/m0/s1. The van der Waals surface area contributed by atoms with Crippen molar-refractivity contribution in [2.45, 2.75) is 12.5 Å². The Morgan fingerprint density at radius 2 is 1.88 bits per heavy atom. The molecule has 0 spiro atoms. The largest absolute Gasteiger partial charge is 0.468 e. The average Bonchev–Trinajstić information content (AvgIpc) is 2.21. The summed E-state index contributed by atoms with van der Waals surface area (Å²) >= 11 is 10.2. The molecule has 1 atom stereocenters. The molecule has 0 bridgehead atoms. The normalized spacial score (nSPS) is 12.3. The first kappa shape index (κ1) is 14.2. The summed E-state index contributed by atoms with van der Waals surface area (Å²) in [4.78, 5) is 11.2. The monoisotopic (exact) mass is 413 g/mol. The van der Waals surface area contributed by atoms with Gasteiger partial charge in [-0.2, -0.15) is 0 Å². The lowest BCUT2D eigenvalue weighted by Crippen LogP contribution is -2.33. The number of rotatable bonds is 3. The Morgan fingerprint density at radius 1 is 1.38 bits per heavy atom. The minimum Gasteiger partial charge on any atom is -0.468 e. The van der Waals surface area contributed by atoms with Gasteiger partial charge in [0.15, 0.2) is 0 Å². The molecule has 1 aromatic carbocycles. The number of ether oxygens (including phenoxy) is 1. The van der Waals surface area contributed by atoms with Crippen LogP contribution in [0.1, 0.15) is 5.56 Å². The van der Waals surface area contributed by atoms with Crippen LogP contribution in [0.25, 0.3) is 0 Å². The first-order valence-electron chi connectivity index (χ1n) is 4.42. The predicted molar refractivity (Wildman–Crippen MR) is 73.2 cm³/mol. The molecule has 0 heterocycles. The van der Waals surface area contributed by atoms with E-state index in [0.717, 1.165) is 19.0 Å². The van der Waals surface area contributed by atoms with Gasteiger partial charge in [-0.15, -0.1) is 0 Å². The molecule has 0 aromatic heterocycles. The Labute approximate surface area is 119 Å². The molecule has 0 aliphatic rings. The summed E-state index contributed by atoms with van der Waals surface area (Å²) in [5.74, 6) is -0.415. The molecule has 0 unspecified atom stereocenters. The molecule has 1 rings (SSSR count). The first-order valence-corrected chi connectivity index (χ1v) is 6.80. The highest BCUT2D eigenvalue weighted by molar-refractivity contribution is 9.11. The Kier molecular flexibility index (Phi) is 5.43. The smallest absolute Gasteiger partial charge is 0.322 e. The molecule has 0 saturated carbocycles. The van der Waals surface area contributed by atoms with Crippen molar-refractivity contribution in [2.24, 2.45) is 5.73 Å². The van der Waals surface area contributed by atoms with Crippen LogP contribution in [0, 0.1) is 0 Å². The number of nitrogens with two attached hydrogens (primary N) is 1. The number of halogens is 3. The van der Waals surface area contributed by atoms with Gasteiger partial charge < -0.3 is 10.5 Å². The fourth-order valence-electron chi connectivity index (χ4n) is 1.22. The van der Waals surface area contributed by atoms with E-state index >= 15 is 0 Å². The van der Waals surface area contributed by atoms with Gasteiger partial charge in [-0.05, 0) is 17.7 Å². The number of hydrogen-bond donors (Lipinski definition) is 1. The number of methoxy groups -OCH3 is 1. The second-order valence-corrected chi connectivity index (χ2v) is 5.81. The molecule has 0 radical (unpaired) electrons. The number of benzene rings is 1. The van der Waals surface area contributed by atoms with Crippen LogP contribution in [0.5, 0.6) is 0 Å². The van der Waals surface area contributed by atoms with E-state index in [9.17, 15) is 4.79 Å². The van der Waals surface area contributed by atoms with Gasteiger partial charge in [0.05, 0.1) is 7.11 Å². The lowest BCUT2D eigenvalue weighted by atomic mass is 10.1. The molecule has 1 aromatic rings. The van der Waals surface area contributed by atoms with E-state index in [1.807, 2.05) is 12.1 Å². The quantitative estimate of drug-likeness (QED) is 0.772. The summed E-state index contributed by atoms with van der Waals surface area (Å²) in [6.07, 6.45) is 0.418. The van der Waals surface area contributed by atoms with Crippen LogP contribution in [0.4, 0.5) is 0 Å². The molecular weight excluding hydrogens is 406 g/mol. The maximum Gasteiger partial charge on any atom is 0.322 e. The zero-order valence-electron chi connectivity index (χ0n) is 8.47. The van der Waals surface area contributed by atoms with Crippen LogP contribution >= 0.6 is 47.8 Å². The molecule has 88 valence electrons. The molecule has 0 saturated heterocycles. The summed E-state index contributed by atoms with van der Waals surface area (Å²) < 4.78 is 7.32. The fraction of sp³-hybridized carbons (Fsp3) is 0.300. The summed E-state index contributed by atoms with van der Waals surface area (Å²) in [6, 6.07) is 3.16. The van der Waals surface area contributed by atoms with E-state index in [4.69, 9.17) is 5.73 Å². The van der Waals surface area contributed by atoms with Gasteiger partial charge in [0.1, 0.15) is 6.04 Å². The van der Waals surface area contributed by atoms with E-state index in [-0.39, 0.29) is 0 Å². The van der Waals surface area contributed by atoms with Crippen molar-refractivity contribution in [3.05, 3.63) is 31.1 Å². The minimum atomic E-state index is -0.654. The Bertz CT molecular complexity index is 386. The van der Waals surface area contributed by atoms with Crippen molar-refractivity contribution < 1.29 is 9.53 Å². The van der Waals surface area contributed by atoms with E-state index in [2.05, 4.69) is 52.5 Å². The van der Waals surface area contributed by atoms with Crippen LogP contribution in [0.3, 0.4) is 0 Å². The Balaban J connectivity index is 2.93. The van der Waals surface area contributed by atoms with E-state index in [1.54, 1.807) is 0 Å². The average molecular weight is 416 g/mol. The second kappa shape index (κ2) is 6.14. The van der Waals surface area contributed by atoms with E-state index < -0.39 is 12.0 Å². The highest BCUT2D eigenvalue weighted by Crippen LogP contribution is 2.30. The van der Waals surface area contributed by atoms with Crippen molar-refractivity contribution >= 4 is 53.8 Å². The zero-order valence-corrected chi connectivity index (χ0v) is 13.2. The fourth-order valence-corrected chi connectivity index (χ4v) is 3.80. The summed E-state index contributed by atoms with van der Waals surface area (Å²) in [5.41, 5.74) is 6.65. The van der Waals surface area contributed by atoms with Gasteiger partial charge >= 0.3 is 5.97 Å². The van der Waals surface area contributed by atoms with Crippen LogP contribution < -0.4 is 5.73 Å². The minimum absolute atomic E-state index is 0.415. The van der Waals surface area contributed by atoms with Gasteiger partial charge in [-0.1, -0.05) is 47.8 Å². The predicted octanol–water partition coefficient (Wildman–Crippen LogP) is 3.02. The lowest BCUT2D eigenvalue weighted by Gasteiger charge is -2.12. The molecule has 2 N–H and O–H groups in total.